The van der Waals surface area contributed by atoms with Gasteiger partial charge in [0.1, 0.15) is 18.5 Å². The fraction of sp³-hybridized carbons (Fsp3) is 0.278. The monoisotopic (exact) mass is 379 g/mol. The first-order chi connectivity index (χ1) is 12.1. The number of benzene rings is 2. The molecule has 2 aromatic rings. The third kappa shape index (κ3) is 6.45. The molecule has 0 radical (unpaired) electrons. The van der Waals surface area contributed by atoms with Crippen LogP contribution in [0.4, 0.5) is 5.69 Å². The van der Waals surface area contributed by atoms with E-state index in [1.54, 1.807) is 42.5 Å². The summed E-state index contributed by atoms with van der Waals surface area (Å²) >= 11 is 12.1. The zero-order valence-corrected chi connectivity index (χ0v) is 15.0. The molecule has 3 N–H and O–H groups in total. The Bertz CT molecular complexity index is 697. The first kappa shape index (κ1) is 19.4. The molecular weight excluding hydrogens is 361 g/mol. The van der Waals surface area contributed by atoms with Gasteiger partial charge in [0.25, 0.3) is 0 Å². The average Bonchev–Trinajstić information content (AvgIpc) is 2.62. The van der Waals surface area contributed by atoms with Crippen molar-refractivity contribution in [2.45, 2.75) is 6.10 Å². The van der Waals surface area contributed by atoms with Crippen molar-refractivity contribution in [3.05, 3.63) is 58.1 Å². The van der Waals surface area contributed by atoms with Crippen LogP contribution >= 0.6 is 23.2 Å². The predicted molar refractivity (Wildman–Crippen MR) is 100 cm³/mol. The minimum atomic E-state index is -0.639. The van der Waals surface area contributed by atoms with Crippen LogP contribution < -0.4 is 15.4 Å². The molecule has 0 aliphatic rings. The van der Waals surface area contributed by atoms with Gasteiger partial charge in [0.05, 0.1) is 27.4 Å². The number of halogens is 2. The third-order valence-electron chi connectivity index (χ3n) is 3.37. The molecule has 0 bridgehead atoms. The lowest BCUT2D eigenvalue weighted by Crippen LogP contribution is -2.34. The van der Waals surface area contributed by atoms with Crippen molar-refractivity contribution in [3.63, 3.8) is 0 Å². The van der Waals surface area contributed by atoms with Crippen molar-refractivity contribution in [2.24, 2.45) is 0 Å². The maximum Gasteiger partial charge on any atom is 0.119 e. The molecule has 1 atom stereocenters. The Hall–Kier alpha value is -1.97. The summed E-state index contributed by atoms with van der Waals surface area (Å²) in [6.45, 7) is 1.82. The van der Waals surface area contributed by atoms with Gasteiger partial charge >= 0.3 is 0 Å². The van der Waals surface area contributed by atoms with Gasteiger partial charge in [0.2, 0.25) is 0 Å². The van der Waals surface area contributed by atoms with Crippen LogP contribution in [0.15, 0.2) is 42.5 Å². The Morgan fingerprint density at radius 1 is 1.08 bits per heavy atom. The largest absolute Gasteiger partial charge is 0.491 e. The van der Waals surface area contributed by atoms with Gasteiger partial charge in [-0.1, -0.05) is 29.3 Å². The van der Waals surface area contributed by atoms with Crippen molar-refractivity contribution < 1.29 is 9.84 Å². The normalized spacial score (nSPS) is 11.6. The molecule has 0 saturated carbocycles. The fourth-order valence-electron chi connectivity index (χ4n) is 2.09. The van der Waals surface area contributed by atoms with Crippen LogP contribution in [0, 0.1) is 11.3 Å². The Labute approximate surface area is 157 Å². The number of nitrogens with zero attached hydrogens (tertiary/aromatic N) is 1. The number of hydrogen-bond donors (Lipinski definition) is 3. The van der Waals surface area contributed by atoms with Gasteiger partial charge in [-0.2, -0.15) is 5.26 Å². The molecular formula is C18H19Cl2N3O2. The first-order valence-electron chi connectivity index (χ1n) is 7.80. The Kier molecular flexibility index (Phi) is 7.83. The van der Waals surface area contributed by atoms with Gasteiger partial charge in [-0.3, -0.25) is 0 Å². The highest BCUT2D eigenvalue weighted by Gasteiger charge is 2.06. The van der Waals surface area contributed by atoms with Crippen molar-refractivity contribution in [1.29, 1.82) is 5.26 Å². The van der Waals surface area contributed by atoms with E-state index in [1.807, 2.05) is 6.07 Å². The van der Waals surface area contributed by atoms with Crippen LogP contribution in [0.25, 0.3) is 0 Å². The molecule has 0 saturated heterocycles. The number of aliphatic hydroxyl groups excluding tert-OH is 1. The second-order valence-electron chi connectivity index (χ2n) is 5.33. The molecule has 2 rings (SSSR count). The minimum Gasteiger partial charge on any atom is -0.491 e. The molecule has 0 aromatic heterocycles. The van der Waals surface area contributed by atoms with Crippen molar-refractivity contribution in [2.75, 3.05) is 31.6 Å². The van der Waals surface area contributed by atoms with Gasteiger partial charge in [0, 0.05) is 19.6 Å². The quantitative estimate of drug-likeness (QED) is 0.582. The molecule has 1 unspecified atom stereocenters. The van der Waals surface area contributed by atoms with Crippen LogP contribution in [0.1, 0.15) is 5.56 Å². The summed E-state index contributed by atoms with van der Waals surface area (Å²) in [5, 5.41) is 26.1. The standard InChI is InChI=1S/C18H19Cl2N3O2/c19-16-2-1-3-17(20)18(16)23-9-8-22-11-14(24)12-25-15-6-4-13(10-21)5-7-15/h1-7,14,22-24H,8-9,11-12H2. The number of nitriles is 1. The van der Waals surface area contributed by atoms with Gasteiger partial charge in [-0.25, -0.2) is 0 Å². The van der Waals surface area contributed by atoms with Crippen LogP contribution in [-0.2, 0) is 0 Å². The lowest BCUT2D eigenvalue weighted by molar-refractivity contribution is 0.107. The second-order valence-corrected chi connectivity index (χ2v) is 6.14. The smallest absolute Gasteiger partial charge is 0.119 e. The van der Waals surface area contributed by atoms with Crippen LogP contribution in [0.5, 0.6) is 5.75 Å². The highest BCUT2D eigenvalue weighted by molar-refractivity contribution is 6.39. The van der Waals surface area contributed by atoms with E-state index >= 15 is 0 Å². The summed E-state index contributed by atoms with van der Waals surface area (Å²) in [4.78, 5) is 0. The van der Waals surface area contributed by atoms with Crippen LogP contribution in [0.2, 0.25) is 10.0 Å². The SMILES string of the molecule is N#Cc1ccc(OCC(O)CNCCNc2c(Cl)cccc2Cl)cc1. The lowest BCUT2D eigenvalue weighted by Gasteiger charge is -2.14. The molecule has 0 amide bonds. The predicted octanol–water partition coefficient (Wildman–Crippen LogP) is 3.31. The molecule has 25 heavy (non-hydrogen) atoms. The maximum atomic E-state index is 9.91. The van der Waals surface area contributed by atoms with E-state index in [-0.39, 0.29) is 6.61 Å². The average molecular weight is 380 g/mol. The van der Waals surface area contributed by atoms with Crippen molar-refractivity contribution in [3.8, 4) is 11.8 Å². The number of nitrogens with one attached hydrogen (secondary N) is 2. The van der Waals surface area contributed by atoms with E-state index in [0.29, 0.717) is 46.7 Å². The number of anilines is 1. The van der Waals surface area contributed by atoms with Crippen molar-refractivity contribution in [1.82, 2.24) is 5.32 Å². The lowest BCUT2D eigenvalue weighted by atomic mass is 10.2. The minimum absolute atomic E-state index is 0.169. The number of aliphatic hydroxyl groups is 1. The number of ether oxygens (including phenoxy) is 1. The van der Waals surface area contributed by atoms with Crippen LogP contribution in [-0.4, -0.2) is 37.5 Å². The van der Waals surface area contributed by atoms with Gasteiger partial charge < -0.3 is 20.5 Å². The molecule has 0 aliphatic heterocycles. The maximum absolute atomic E-state index is 9.91. The van der Waals surface area contributed by atoms with E-state index in [2.05, 4.69) is 10.6 Å². The molecule has 7 heteroatoms. The molecule has 132 valence electrons. The molecule has 0 spiro atoms. The van der Waals surface area contributed by atoms with E-state index in [9.17, 15) is 5.11 Å². The second kappa shape index (κ2) is 10.1. The molecule has 2 aromatic carbocycles. The molecule has 5 nitrogen and oxygen atoms in total. The third-order valence-corrected chi connectivity index (χ3v) is 4.00. The summed E-state index contributed by atoms with van der Waals surface area (Å²) in [7, 11) is 0. The molecule has 0 fully saturated rings. The van der Waals surface area contributed by atoms with Gasteiger partial charge in [-0.05, 0) is 36.4 Å². The van der Waals surface area contributed by atoms with Gasteiger partial charge in [0.15, 0.2) is 0 Å². The Morgan fingerprint density at radius 2 is 1.76 bits per heavy atom. The zero-order valence-electron chi connectivity index (χ0n) is 13.5. The van der Waals surface area contributed by atoms with E-state index < -0.39 is 6.10 Å². The zero-order chi connectivity index (χ0) is 18.1. The molecule has 0 aliphatic carbocycles. The highest BCUT2D eigenvalue weighted by Crippen LogP contribution is 2.29. The summed E-state index contributed by atoms with van der Waals surface area (Å²) < 4.78 is 5.48. The summed E-state index contributed by atoms with van der Waals surface area (Å²) in [5.74, 6) is 0.619. The highest BCUT2D eigenvalue weighted by atomic mass is 35.5. The van der Waals surface area contributed by atoms with E-state index in [4.69, 9.17) is 33.2 Å². The molecule has 0 heterocycles. The Balaban J connectivity index is 1.62. The topological polar surface area (TPSA) is 77.3 Å². The fourth-order valence-corrected chi connectivity index (χ4v) is 2.62. The summed E-state index contributed by atoms with van der Waals surface area (Å²) in [6, 6.07) is 14.1. The number of para-hydroxylation sites is 1. The Morgan fingerprint density at radius 3 is 2.40 bits per heavy atom. The number of rotatable bonds is 9. The van der Waals surface area contributed by atoms with Crippen LogP contribution in [0.3, 0.4) is 0 Å². The summed E-state index contributed by atoms with van der Waals surface area (Å²) in [6.07, 6.45) is -0.639. The first-order valence-corrected chi connectivity index (χ1v) is 8.55. The summed E-state index contributed by atoms with van der Waals surface area (Å²) in [5.41, 5.74) is 1.28. The van der Waals surface area contributed by atoms with E-state index in [0.717, 1.165) is 0 Å². The van der Waals surface area contributed by atoms with E-state index in [1.165, 1.54) is 0 Å². The van der Waals surface area contributed by atoms with Gasteiger partial charge in [-0.15, -0.1) is 0 Å². The van der Waals surface area contributed by atoms with Crippen molar-refractivity contribution >= 4 is 28.9 Å². The number of hydrogen-bond acceptors (Lipinski definition) is 5.